The lowest BCUT2D eigenvalue weighted by Gasteiger charge is -2.40. The number of rotatable bonds is 5. The quantitative estimate of drug-likeness (QED) is 0.266. The van der Waals surface area contributed by atoms with Crippen LogP contribution in [0.1, 0.15) is 18.6 Å². The smallest absolute Gasteiger partial charge is 0.302 e. The summed E-state index contributed by atoms with van der Waals surface area (Å²) in [6.45, 7) is 0.655. The molecule has 4 rings (SSSR count). The van der Waals surface area contributed by atoms with Crippen LogP contribution in [0.4, 0.5) is 0 Å². The van der Waals surface area contributed by atoms with Crippen LogP contribution in [0.15, 0.2) is 39.5 Å². The zero-order valence-electron chi connectivity index (χ0n) is 19.1. The Morgan fingerprint density at radius 1 is 0.972 bits per heavy atom. The third-order valence-corrected chi connectivity index (χ3v) is 5.91. The minimum Gasteiger partial charge on any atom is -0.507 e. The van der Waals surface area contributed by atoms with E-state index in [-0.39, 0.29) is 33.8 Å². The lowest BCUT2D eigenvalue weighted by molar-refractivity contribution is -0.234. The van der Waals surface area contributed by atoms with Gasteiger partial charge in [0.25, 0.3) is 0 Å². The highest BCUT2D eigenvalue weighted by atomic mass is 16.6. The molecule has 0 amide bonds. The highest BCUT2D eigenvalue weighted by Crippen LogP contribution is 2.44. The minimum atomic E-state index is -1.81. The molecule has 2 heterocycles. The molecule has 2 unspecified atom stereocenters. The standard InChI is InChI=1S/C24H24O12/c1-9(25)34-8-17-20(30)21(31)22(32)24(36-17)19-13(28)6-12(27)18-14(29)7-15(35-23(18)19)10-3-4-11(26)16(5-10)33-2/h3-7,17,20-22,24,26-28,30-32H,8H2,1-2H3/t17-,20+,21?,22?,24-/m0/s1. The van der Waals surface area contributed by atoms with Crippen LogP contribution in [-0.2, 0) is 14.3 Å². The van der Waals surface area contributed by atoms with Crippen LogP contribution in [0, 0.1) is 0 Å². The van der Waals surface area contributed by atoms with Crippen molar-refractivity contribution in [1.82, 2.24) is 0 Å². The van der Waals surface area contributed by atoms with Gasteiger partial charge in [0.1, 0.15) is 59.8 Å². The molecule has 2 aromatic carbocycles. The van der Waals surface area contributed by atoms with Crippen molar-refractivity contribution in [2.45, 2.75) is 37.4 Å². The zero-order valence-corrected chi connectivity index (χ0v) is 19.1. The van der Waals surface area contributed by atoms with Gasteiger partial charge in [0.2, 0.25) is 0 Å². The number of fused-ring (bicyclic) bond motifs is 1. The molecule has 0 aliphatic carbocycles. The van der Waals surface area contributed by atoms with E-state index in [9.17, 15) is 40.2 Å². The average molecular weight is 504 g/mol. The van der Waals surface area contributed by atoms with E-state index in [4.69, 9.17) is 18.6 Å². The molecule has 1 aliphatic rings. The first kappa shape index (κ1) is 25.3. The Morgan fingerprint density at radius 2 is 1.69 bits per heavy atom. The molecule has 192 valence electrons. The number of aromatic hydroxyl groups is 3. The third-order valence-electron chi connectivity index (χ3n) is 5.91. The maximum Gasteiger partial charge on any atom is 0.302 e. The largest absolute Gasteiger partial charge is 0.507 e. The van der Waals surface area contributed by atoms with Crippen molar-refractivity contribution < 1.29 is 54.1 Å². The lowest BCUT2D eigenvalue weighted by Crippen LogP contribution is -2.55. The molecule has 1 fully saturated rings. The van der Waals surface area contributed by atoms with Crippen molar-refractivity contribution in [2.24, 2.45) is 0 Å². The van der Waals surface area contributed by atoms with Gasteiger partial charge in [-0.3, -0.25) is 9.59 Å². The Hall–Kier alpha value is -3.84. The molecule has 0 spiro atoms. The van der Waals surface area contributed by atoms with Gasteiger partial charge in [0.05, 0.1) is 12.7 Å². The van der Waals surface area contributed by atoms with Crippen molar-refractivity contribution in [1.29, 1.82) is 0 Å². The third kappa shape index (κ3) is 4.42. The Bertz CT molecular complexity index is 1360. The number of ether oxygens (including phenoxy) is 3. The van der Waals surface area contributed by atoms with Crippen molar-refractivity contribution in [3.8, 4) is 34.3 Å². The fraction of sp³-hybridized carbons (Fsp3) is 0.333. The van der Waals surface area contributed by atoms with Gasteiger partial charge in [0.15, 0.2) is 22.5 Å². The maximum absolute atomic E-state index is 13.0. The monoisotopic (exact) mass is 504 g/mol. The Morgan fingerprint density at radius 3 is 2.36 bits per heavy atom. The second-order valence-electron chi connectivity index (χ2n) is 8.26. The molecule has 6 N–H and O–H groups in total. The number of carbonyl (C=O) groups excluding carboxylic acids is 1. The van der Waals surface area contributed by atoms with Crippen molar-refractivity contribution in [3.05, 3.63) is 46.1 Å². The second kappa shape index (κ2) is 9.66. The van der Waals surface area contributed by atoms with Crippen LogP contribution in [0.3, 0.4) is 0 Å². The van der Waals surface area contributed by atoms with Crippen molar-refractivity contribution >= 4 is 16.9 Å². The molecular weight excluding hydrogens is 480 g/mol. The highest BCUT2D eigenvalue weighted by molar-refractivity contribution is 5.89. The molecule has 0 radical (unpaired) electrons. The molecule has 1 aliphatic heterocycles. The van der Waals surface area contributed by atoms with Gasteiger partial charge in [0, 0.05) is 24.6 Å². The predicted molar refractivity (Wildman–Crippen MR) is 122 cm³/mol. The Labute approximate surface area is 203 Å². The topological polar surface area (TPSA) is 196 Å². The van der Waals surface area contributed by atoms with E-state index in [1.54, 1.807) is 0 Å². The van der Waals surface area contributed by atoms with Crippen LogP contribution in [-0.4, -0.2) is 74.7 Å². The van der Waals surface area contributed by atoms with Gasteiger partial charge >= 0.3 is 5.97 Å². The molecule has 5 atom stereocenters. The first-order valence-electron chi connectivity index (χ1n) is 10.8. The fourth-order valence-corrected chi connectivity index (χ4v) is 4.10. The first-order chi connectivity index (χ1) is 17.0. The Kier molecular flexibility index (Phi) is 6.78. The van der Waals surface area contributed by atoms with Crippen LogP contribution in [0.5, 0.6) is 23.0 Å². The molecule has 0 bridgehead atoms. The molecular formula is C24H24O12. The predicted octanol–water partition coefficient (Wildman–Crippen LogP) is 0.671. The summed E-state index contributed by atoms with van der Waals surface area (Å²) in [5, 5.41) is 62.0. The van der Waals surface area contributed by atoms with Crippen LogP contribution in [0.25, 0.3) is 22.3 Å². The summed E-state index contributed by atoms with van der Waals surface area (Å²) >= 11 is 0. The summed E-state index contributed by atoms with van der Waals surface area (Å²) in [5.41, 5.74) is -1.06. The van der Waals surface area contributed by atoms with Gasteiger partial charge in [-0.15, -0.1) is 0 Å². The fourth-order valence-electron chi connectivity index (χ4n) is 4.10. The zero-order chi connectivity index (χ0) is 26.3. The van der Waals surface area contributed by atoms with Gasteiger partial charge in [-0.25, -0.2) is 0 Å². The summed E-state index contributed by atoms with van der Waals surface area (Å²) < 4.78 is 21.5. The first-order valence-corrected chi connectivity index (χ1v) is 10.8. The summed E-state index contributed by atoms with van der Waals surface area (Å²) in [4.78, 5) is 24.2. The van der Waals surface area contributed by atoms with E-state index < -0.39 is 60.0 Å². The van der Waals surface area contributed by atoms with E-state index >= 15 is 0 Å². The number of esters is 1. The summed E-state index contributed by atoms with van der Waals surface area (Å²) in [5.74, 6) is -2.05. The van der Waals surface area contributed by atoms with Gasteiger partial charge in [-0.05, 0) is 18.2 Å². The van der Waals surface area contributed by atoms with Crippen LogP contribution < -0.4 is 10.2 Å². The van der Waals surface area contributed by atoms with E-state index in [1.807, 2.05) is 0 Å². The number of phenols is 3. The van der Waals surface area contributed by atoms with E-state index in [0.717, 1.165) is 19.1 Å². The summed E-state index contributed by atoms with van der Waals surface area (Å²) in [7, 11) is 1.33. The molecule has 12 nitrogen and oxygen atoms in total. The number of benzene rings is 2. The van der Waals surface area contributed by atoms with E-state index in [0.29, 0.717) is 5.56 Å². The molecule has 1 aromatic heterocycles. The number of hydrogen-bond acceptors (Lipinski definition) is 12. The molecule has 1 saturated heterocycles. The Balaban J connectivity index is 1.90. The molecule has 36 heavy (non-hydrogen) atoms. The second-order valence-corrected chi connectivity index (χ2v) is 8.26. The van der Waals surface area contributed by atoms with Gasteiger partial charge in [-0.1, -0.05) is 0 Å². The summed E-state index contributed by atoms with van der Waals surface area (Å²) in [6.07, 6.45) is -8.12. The van der Waals surface area contributed by atoms with E-state index in [2.05, 4.69) is 0 Å². The van der Waals surface area contributed by atoms with Gasteiger partial charge < -0.3 is 49.3 Å². The van der Waals surface area contributed by atoms with E-state index in [1.165, 1.54) is 25.3 Å². The highest BCUT2D eigenvalue weighted by Gasteiger charge is 2.46. The van der Waals surface area contributed by atoms with Gasteiger partial charge in [-0.2, -0.15) is 0 Å². The summed E-state index contributed by atoms with van der Waals surface area (Å²) in [6, 6.07) is 6.07. The molecule has 3 aromatic rings. The van der Waals surface area contributed by atoms with Crippen LogP contribution >= 0.6 is 0 Å². The number of hydrogen-bond donors (Lipinski definition) is 6. The number of methoxy groups -OCH3 is 1. The maximum atomic E-state index is 13.0. The normalized spacial score (nSPS) is 24.0. The average Bonchev–Trinajstić information content (AvgIpc) is 2.82. The van der Waals surface area contributed by atoms with Crippen LogP contribution in [0.2, 0.25) is 0 Å². The SMILES string of the molecule is COc1cc(-c2cc(=O)c3c(O)cc(O)c([C@@H]4O[C@@H](COC(C)=O)[C@@H](O)C(O)C4O)c3o2)ccc1O. The molecule has 0 saturated carbocycles. The number of aliphatic hydroxyl groups is 3. The van der Waals surface area contributed by atoms with Crippen molar-refractivity contribution in [3.63, 3.8) is 0 Å². The lowest BCUT2D eigenvalue weighted by atomic mass is 9.89. The number of carbonyl (C=O) groups is 1. The minimum absolute atomic E-state index is 0.0422. The number of phenolic OH excluding ortho intramolecular Hbond substituents is 3. The molecule has 12 heteroatoms. The van der Waals surface area contributed by atoms with Crippen molar-refractivity contribution in [2.75, 3.05) is 13.7 Å². The number of aliphatic hydroxyl groups excluding tert-OH is 3.